The molecule has 0 saturated heterocycles. The summed E-state index contributed by atoms with van der Waals surface area (Å²) in [5, 5.41) is 19.4. The van der Waals surface area contributed by atoms with Gasteiger partial charge in [0.2, 0.25) is 6.29 Å². The highest BCUT2D eigenvalue weighted by Crippen LogP contribution is 2.30. The van der Waals surface area contributed by atoms with Crippen LogP contribution in [0.3, 0.4) is 0 Å². The van der Waals surface area contributed by atoms with Crippen LogP contribution in [0.2, 0.25) is 0 Å². The number of para-hydroxylation sites is 4. The molecule has 0 atom stereocenters. The van der Waals surface area contributed by atoms with Crippen molar-refractivity contribution in [1.82, 2.24) is 0 Å². The highest BCUT2D eigenvalue weighted by atomic mass is 16.7. The van der Waals surface area contributed by atoms with Gasteiger partial charge in [0.05, 0.1) is 0 Å². The van der Waals surface area contributed by atoms with E-state index in [-0.39, 0.29) is 11.5 Å². The highest BCUT2D eigenvalue weighted by Gasteiger charge is 2.15. The zero-order chi connectivity index (χ0) is 14.4. The molecule has 0 aliphatic rings. The molecule has 20 heavy (non-hydrogen) atoms. The Hall–Kier alpha value is -2.36. The Morgan fingerprint density at radius 2 is 1.30 bits per heavy atom. The summed E-state index contributed by atoms with van der Waals surface area (Å²) in [6.07, 6.45) is 0.927. The Balaban J connectivity index is 2.12. The first-order valence-corrected chi connectivity index (χ1v) is 6.60. The van der Waals surface area contributed by atoms with Gasteiger partial charge in [-0.15, -0.1) is 0 Å². The number of ether oxygens (including phenoxy) is 2. The van der Waals surface area contributed by atoms with Crippen LogP contribution >= 0.6 is 0 Å². The monoisotopic (exact) mass is 274 g/mol. The van der Waals surface area contributed by atoms with Gasteiger partial charge in [-0.3, -0.25) is 0 Å². The minimum Gasteiger partial charge on any atom is -0.504 e. The average Bonchev–Trinajstić information content (AvgIpc) is 2.44. The standard InChI is InChI=1S/C16H18O4/c1-2-7-16(19-14-10-5-3-8-12(14)17)20-15-11-6-4-9-13(15)18/h3-6,8-11,16-18H,2,7H2,1H3. The molecule has 0 spiro atoms. The van der Waals surface area contributed by atoms with E-state index < -0.39 is 6.29 Å². The van der Waals surface area contributed by atoms with E-state index in [2.05, 4.69) is 0 Å². The van der Waals surface area contributed by atoms with Crippen molar-refractivity contribution >= 4 is 0 Å². The normalized spacial score (nSPS) is 10.5. The van der Waals surface area contributed by atoms with Crippen molar-refractivity contribution in [2.45, 2.75) is 26.1 Å². The molecule has 0 aromatic heterocycles. The minimum absolute atomic E-state index is 0.0643. The third-order valence-electron chi connectivity index (χ3n) is 2.77. The second-order valence-electron chi connectivity index (χ2n) is 4.39. The van der Waals surface area contributed by atoms with Crippen molar-refractivity contribution in [1.29, 1.82) is 0 Å². The summed E-state index contributed by atoms with van der Waals surface area (Å²) in [5.74, 6) is 0.853. The first kappa shape index (κ1) is 14.1. The number of hydrogen-bond acceptors (Lipinski definition) is 4. The molecule has 2 aromatic rings. The molecule has 0 fully saturated rings. The van der Waals surface area contributed by atoms with Gasteiger partial charge in [-0.25, -0.2) is 0 Å². The number of rotatable bonds is 6. The number of benzene rings is 2. The van der Waals surface area contributed by atoms with Gasteiger partial charge < -0.3 is 19.7 Å². The zero-order valence-electron chi connectivity index (χ0n) is 11.3. The highest BCUT2D eigenvalue weighted by molar-refractivity contribution is 5.39. The molecule has 0 aliphatic heterocycles. The number of phenols is 2. The van der Waals surface area contributed by atoms with Crippen molar-refractivity contribution in [3.63, 3.8) is 0 Å². The molecule has 106 valence electrons. The second kappa shape index (κ2) is 6.70. The quantitative estimate of drug-likeness (QED) is 0.789. The summed E-state index contributed by atoms with van der Waals surface area (Å²) in [4.78, 5) is 0. The molecule has 0 saturated carbocycles. The van der Waals surface area contributed by atoms with Crippen molar-refractivity contribution < 1.29 is 19.7 Å². The minimum atomic E-state index is -0.568. The van der Waals surface area contributed by atoms with Crippen LogP contribution in [0.4, 0.5) is 0 Å². The first-order valence-electron chi connectivity index (χ1n) is 6.60. The average molecular weight is 274 g/mol. The van der Waals surface area contributed by atoms with Crippen LogP contribution in [0.5, 0.6) is 23.0 Å². The molecular weight excluding hydrogens is 256 g/mol. The van der Waals surface area contributed by atoms with Crippen LogP contribution in [-0.2, 0) is 0 Å². The van der Waals surface area contributed by atoms with Crippen molar-refractivity contribution in [2.24, 2.45) is 0 Å². The van der Waals surface area contributed by atoms with E-state index in [9.17, 15) is 10.2 Å². The van der Waals surface area contributed by atoms with Crippen molar-refractivity contribution in [3.05, 3.63) is 48.5 Å². The van der Waals surface area contributed by atoms with Crippen LogP contribution < -0.4 is 9.47 Å². The van der Waals surface area contributed by atoms with Gasteiger partial charge in [-0.1, -0.05) is 31.2 Å². The fourth-order valence-electron chi connectivity index (χ4n) is 1.77. The molecule has 0 amide bonds. The Morgan fingerprint density at radius 1 is 0.850 bits per heavy atom. The van der Waals surface area contributed by atoms with Gasteiger partial charge in [-0.05, 0) is 30.7 Å². The zero-order valence-corrected chi connectivity index (χ0v) is 11.3. The molecule has 0 bridgehead atoms. The lowest BCUT2D eigenvalue weighted by molar-refractivity contribution is -0.00445. The van der Waals surface area contributed by atoms with Crippen LogP contribution in [-0.4, -0.2) is 16.5 Å². The molecule has 4 nitrogen and oxygen atoms in total. The van der Waals surface area contributed by atoms with Crippen LogP contribution in [0, 0.1) is 0 Å². The summed E-state index contributed by atoms with van der Waals surface area (Å²) < 4.78 is 11.3. The lowest BCUT2D eigenvalue weighted by Crippen LogP contribution is -2.23. The number of hydrogen-bond donors (Lipinski definition) is 2. The maximum Gasteiger partial charge on any atom is 0.241 e. The summed E-state index contributed by atoms with van der Waals surface area (Å²) in [5.41, 5.74) is 0. The van der Waals surface area contributed by atoms with Crippen molar-refractivity contribution in [3.8, 4) is 23.0 Å². The maximum atomic E-state index is 9.72. The third-order valence-corrected chi connectivity index (χ3v) is 2.77. The smallest absolute Gasteiger partial charge is 0.241 e. The topological polar surface area (TPSA) is 58.9 Å². The van der Waals surface area contributed by atoms with Gasteiger partial charge in [0.25, 0.3) is 0 Å². The maximum absolute atomic E-state index is 9.72. The number of phenolic OH excluding ortho intramolecular Hbond substituents is 2. The lowest BCUT2D eigenvalue weighted by Gasteiger charge is -2.21. The fourth-order valence-corrected chi connectivity index (χ4v) is 1.77. The molecule has 2 aromatic carbocycles. The summed E-state index contributed by atoms with van der Waals surface area (Å²) >= 11 is 0. The Morgan fingerprint density at radius 3 is 1.70 bits per heavy atom. The van der Waals surface area contributed by atoms with Crippen LogP contribution in [0.25, 0.3) is 0 Å². The lowest BCUT2D eigenvalue weighted by atomic mass is 10.3. The summed E-state index contributed by atoms with van der Waals surface area (Å²) in [7, 11) is 0. The van der Waals surface area contributed by atoms with E-state index in [0.29, 0.717) is 17.9 Å². The predicted octanol–water partition coefficient (Wildman–Crippen LogP) is 3.68. The molecular formula is C16H18O4. The molecule has 2 rings (SSSR count). The van der Waals surface area contributed by atoms with Gasteiger partial charge in [-0.2, -0.15) is 0 Å². The van der Waals surface area contributed by atoms with Gasteiger partial charge >= 0.3 is 0 Å². The number of aromatic hydroxyl groups is 2. The molecule has 4 heteroatoms. The SMILES string of the molecule is CCCC(Oc1ccccc1O)Oc1ccccc1O. The van der Waals surface area contributed by atoms with Crippen LogP contribution in [0.15, 0.2) is 48.5 Å². The van der Waals surface area contributed by atoms with Gasteiger partial charge in [0, 0.05) is 6.42 Å². The first-order chi connectivity index (χ1) is 9.70. The van der Waals surface area contributed by atoms with Crippen molar-refractivity contribution in [2.75, 3.05) is 0 Å². The molecule has 2 N–H and O–H groups in total. The van der Waals surface area contributed by atoms with Gasteiger partial charge in [0.15, 0.2) is 23.0 Å². The van der Waals surface area contributed by atoms with E-state index in [1.165, 1.54) is 0 Å². The van der Waals surface area contributed by atoms with Gasteiger partial charge in [0.1, 0.15) is 0 Å². The van der Waals surface area contributed by atoms with E-state index in [0.717, 1.165) is 6.42 Å². The largest absolute Gasteiger partial charge is 0.504 e. The second-order valence-corrected chi connectivity index (χ2v) is 4.39. The summed E-state index contributed by atoms with van der Waals surface area (Å²) in [6.45, 7) is 2.01. The van der Waals surface area contributed by atoms with E-state index in [1.54, 1.807) is 48.5 Å². The van der Waals surface area contributed by atoms with Crippen LogP contribution in [0.1, 0.15) is 19.8 Å². The molecule has 0 unspecified atom stereocenters. The third kappa shape index (κ3) is 3.57. The fraction of sp³-hybridized carbons (Fsp3) is 0.250. The Bertz CT molecular complexity index is 506. The molecule has 0 radical (unpaired) electrons. The Labute approximate surface area is 118 Å². The van der Waals surface area contributed by atoms with E-state index in [4.69, 9.17) is 9.47 Å². The molecule has 0 aliphatic carbocycles. The predicted molar refractivity (Wildman–Crippen MR) is 76.2 cm³/mol. The molecule has 0 heterocycles. The Kier molecular flexibility index (Phi) is 4.71. The summed E-state index contributed by atoms with van der Waals surface area (Å²) in [6, 6.07) is 13.5. The van der Waals surface area contributed by atoms with E-state index in [1.807, 2.05) is 6.92 Å². The van der Waals surface area contributed by atoms with E-state index >= 15 is 0 Å².